The van der Waals surface area contributed by atoms with Crippen molar-refractivity contribution in [2.24, 2.45) is 0 Å². The molecule has 0 spiro atoms. The number of amides is 1. The van der Waals surface area contributed by atoms with Gasteiger partial charge in [0.15, 0.2) is 6.29 Å². The van der Waals surface area contributed by atoms with Crippen LogP contribution < -0.4 is 5.32 Å². The van der Waals surface area contributed by atoms with Crippen LogP contribution in [0.2, 0.25) is 0 Å². The third-order valence-corrected chi connectivity index (χ3v) is 9.73. The van der Waals surface area contributed by atoms with E-state index in [1.807, 2.05) is 54.6 Å². The topological polar surface area (TPSA) is 108 Å². The monoisotopic (exact) mass is 686 g/mol. The van der Waals surface area contributed by atoms with E-state index in [2.05, 4.69) is 84.9 Å². The van der Waals surface area contributed by atoms with Crippen molar-refractivity contribution in [1.82, 2.24) is 10.2 Å². The van der Waals surface area contributed by atoms with E-state index in [4.69, 9.17) is 14.6 Å². The zero-order valence-electron chi connectivity index (χ0n) is 29.2. The number of ether oxygens (including phenoxy) is 2. The first kappa shape index (κ1) is 35.9. The van der Waals surface area contributed by atoms with Crippen LogP contribution >= 0.6 is 0 Å². The predicted molar refractivity (Wildman–Crippen MR) is 199 cm³/mol. The number of carbonyl (C=O) groups is 2. The molecule has 0 aromatic heterocycles. The molecule has 3 N–H and O–H groups in total. The van der Waals surface area contributed by atoms with Crippen LogP contribution in [-0.4, -0.2) is 46.7 Å². The molecular weight excluding hydrogens is 640 g/mol. The van der Waals surface area contributed by atoms with Gasteiger partial charge in [0.1, 0.15) is 0 Å². The van der Waals surface area contributed by atoms with Crippen molar-refractivity contribution in [3.05, 3.63) is 143 Å². The van der Waals surface area contributed by atoms with Gasteiger partial charge < -0.3 is 25.0 Å². The van der Waals surface area contributed by atoms with Gasteiger partial charge in [-0.3, -0.25) is 14.5 Å². The number of rotatable bonds is 14. The van der Waals surface area contributed by atoms with Gasteiger partial charge in [0.25, 0.3) is 0 Å². The zero-order valence-corrected chi connectivity index (χ0v) is 29.2. The van der Waals surface area contributed by atoms with Crippen molar-refractivity contribution >= 4 is 22.6 Å². The number of aliphatic hydroxyl groups excluding tert-OH is 1. The van der Waals surface area contributed by atoms with E-state index in [1.54, 1.807) is 0 Å². The van der Waals surface area contributed by atoms with Crippen LogP contribution in [0.25, 0.3) is 21.9 Å². The number of aliphatic carboxylic acids is 1. The number of carboxylic acids is 1. The second-order valence-electron chi connectivity index (χ2n) is 13.4. The number of nitrogens with zero attached hydrogens (tertiary/aromatic N) is 1. The van der Waals surface area contributed by atoms with Crippen LogP contribution in [0, 0.1) is 0 Å². The fraction of sp³-hybridized carbons (Fsp3) is 0.302. The lowest BCUT2D eigenvalue weighted by atomic mass is 9.97. The maximum Gasteiger partial charge on any atom is 0.303 e. The summed E-state index contributed by atoms with van der Waals surface area (Å²) in [4.78, 5) is 25.3. The molecule has 0 aliphatic carbocycles. The van der Waals surface area contributed by atoms with Gasteiger partial charge in [-0.1, -0.05) is 97.1 Å². The molecule has 6 rings (SSSR count). The summed E-state index contributed by atoms with van der Waals surface area (Å²) in [5.74, 6) is -1.06. The Kier molecular flexibility index (Phi) is 11.9. The lowest BCUT2D eigenvalue weighted by Gasteiger charge is -2.39. The fourth-order valence-electron chi connectivity index (χ4n) is 6.65. The number of aliphatic hydroxyl groups is 1. The lowest BCUT2D eigenvalue weighted by Crippen LogP contribution is -2.38. The molecule has 1 aliphatic heterocycles. The molecule has 264 valence electrons. The van der Waals surface area contributed by atoms with Gasteiger partial charge in [-0.25, -0.2) is 0 Å². The molecule has 0 unspecified atom stereocenters. The Bertz CT molecular complexity index is 1940. The molecule has 5 aromatic carbocycles. The first-order valence-electron chi connectivity index (χ1n) is 17.6. The van der Waals surface area contributed by atoms with Gasteiger partial charge in [0.05, 0.1) is 18.8 Å². The summed E-state index contributed by atoms with van der Waals surface area (Å²) in [6, 6.07) is 39.4. The summed E-state index contributed by atoms with van der Waals surface area (Å²) in [6.07, 6.45) is 0.265. The van der Waals surface area contributed by atoms with E-state index in [9.17, 15) is 14.7 Å². The number of carboxylic acid groups (broad SMARTS) is 1. The SMILES string of the molecule is C[C@H](c1ccc2ccccc2c1)N(C)C[C@H]1C[C@@H](c2ccc(CO)cc2)O[C@@H](c2cccc(-c3cccc(CNC(=O)CCCC(=O)O)c3)c2)O1. The van der Waals surface area contributed by atoms with Crippen molar-refractivity contribution in [3.8, 4) is 11.1 Å². The van der Waals surface area contributed by atoms with Gasteiger partial charge in [0.2, 0.25) is 5.91 Å². The van der Waals surface area contributed by atoms with E-state index in [0.717, 1.165) is 33.4 Å². The van der Waals surface area contributed by atoms with Gasteiger partial charge in [-0.05, 0) is 82.7 Å². The maximum absolute atomic E-state index is 12.2. The number of benzene rings is 5. The number of hydrogen-bond acceptors (Lipinski definition) is 6. The number of hydrogen-bond donors (Lipinski definition) is 3. The molecule has 4 atom stereocenters. The standard InChI is InChI=1S/C43H46N2O6/c1-29(34-21-20-32-9-3-4-10-36(32)23-34)45(2)27-39-25-40(33-18-16-30(28-46)17-19-33)51-43(50-39)38-13-6-12-37(24-38)35-11-5-8-31(22-35)26-44-41(47)14-7-15-42(48)49/h3-6,8-13,16-24,29,39-40,43,46H,7,14-15,25-28H2,1-2H3,(H,44,47)(H,48,49)/t29-,39-,40+,43+/m1/s1. The molecule has 1 saturated heterocycles. The number of carbonyl (C=O) groups excluding carboxylic acids is 1. The van der Waals surface area contributed by atoms with Crippen LogP contribution in [0.3, 0.4) is 0 Å². The highest BCUT2D eigenvalue weighted by molar-refractivity contribution is 5.83. The highest BCUT2D eigenvalue weighted by atomic mass is 16.7. The molecular formula is C43H46N2O6. The summed E-state index contributed by atoms with van der Waals surface area (Å²) < 4.78 is 13.4. The number of fused-ring (bicyclic) bond motifs is 1. The number of likely N-dealkylation sites (N-methyl/N-ethyl adjacent to an activating group) is 1. The highest BCUT2D eigenvalue weighted by Gasteiger charge is 2.33. The van der Waals surface area contributed by atoms with E-state index < -0.39 is 12.3 Å². The molecule has 1 fully saturated rings. The minimum absolute atomic E-state index is 0.00915. The Morgan fingerprint density at radius 3 is 2.31 bits per heavy atom. The van der Waals surface area contributed by atoms with Crippen molar-refractivity contribution in [3.63, 3.8) is 0 Å². The van der Waals surface area contributed by atoms with Crippen LogP contribution in [0.1, 0.15) is 78.9 Å². The van der Waals surface area contributed by atoms with Gasteiger partial charge in [0, 0.05) is 44.0 Å². The second-order valence-corrected chi connectivity index (χ2v) is 13.4. The Balaban J connectivity index is 1.19. The molecule has 1 amide bonds. The van der Waals surface area contributed by atoms with Crippen LogP contribution in [0.5, 0.6) is 0 Å². The van der Waals surface area contributed by atoms with Gasteiger partial charge in [-0.15, -0.1) is 0 Å². The molecule has 1 aliphatic rings. The average molecular weight is 687 g/mol. The first-order chi connectivity index (χ1) is 24.7. The molecule has 1 heterocycles. The second kappa shape index (κ2) is 16.9. The van der Waals surface area contributed by atoms with Crippen molar-refractivity contribution < 1.29 is 29.3 Å². The fourth-order valence-corrected chi connectivity index (χ4v) is 6.65. The largest absolute Gasteiger partial charge is 0.481 e. The smallest absolute Gasteiger partial charge is 0.303 e. The molecule has 0 saturated carbocycles. The molecule has 5 aromatic rings. The summed E-state index contributed by atoms with van der Waals surface area (Å²) in [6.45, 7) is 3.29. The van der Waals surface area contributed by atoms with Crippen molar-refractivity contribution in [2.45, 2.75) is 70.3 Å². The van der Waals surface area contributed by atoms with E-state index in [0.29, 0.717) is 25.9 Å². The normalized spacial score (nSPS) is 18.1. The van der Waals surface area contributed by atoms with Crippen molar-refractivity contribution in [1.29, 1.82) is 0 Å². The van der Waals surface area contributed by atoms with Crippen LogP contribution in [0.15, 0.2) is 115 Å². The van der Waals surface area contributed by atoms with Crippen LogP contribution in [-0.2, 0) is 32.2 Å². The highest BCUT2D eigenvalue weighted by Crippen LogP contribution is 2.39. The lowest BCUT2D eigenvalue weighted by molar-refractivity contribution is -0.253. The third kappa shape index (κ3) is 9.48. The molecule has 0 radical (unpaired) electrons. The quantitative estimate of drug-likeness (QED) is 0.108. The maximum atomic E-state index is 12.2. The Morgan fingerprint density at radius 1 is 0.804 bits per heavy atom. The number of nitrogens with one attached hydrogen (secondary N) is 1. The predicted octanol–water partition coefficient (Wildman–Crippen LogP) is 8.11. The Hall–Kier alpha value is -4.86. The molecule has 8 heteroatoms. The zero-order chi connectivity index (χ0) is 35.7. The molecule has 8 nitrogen and oxygen atoms in total. The molecule has 51 heavy (non-hydrogen) atoms. The summed E-state index contributed by atoms with van der Waals surface area (Å²) in [5.41, 5.74) is 7.02. The summed E-state index contributed by atoms with van der Waals surface area (Å²) >= 11 is 0. The van der Waals surface area contributed by atoms with E-state index in [1.165, 1.54) is 16.3 Å². The average Bonchev–Trinajstić information content (AvgIpc) is 3.16. The van der Waals surface area contributed by atoms with Crippen LogP contribution in [0.4, 0.5) is 0 Å². The van der Waals surface area contributed by atoms with Gasteiger partial charge in [-0.2, -0.15) is 0 Å². The minimum atomic E-state index is -0.900. The first-order valence-corrected chi connectivity index (χ1v) is 17.6. The Morgan fingerprint density at radius 2 is 1.55 bits per heavy atom. The minimum Gasteiger partial charge on any atom is -0.481 e. The third-order valence-electron chi connectivity index (χ3n) is 9.73. The Labute approximate surface area is 299 Å². The summed E-state index contributed by atoms with van der Waals surface area (Å²) in [5, 5.41) is 23.8. The van der Waals surface area contributed by atoms with E-state index >= 15 is 0 Å². The van der Waals surface area contributed by atoms with E-state index in [-0.39, 0.29) is 43.6 Å². The molecule has 0 bridgehead atoms. The van der Waals surface area contributed by atoms with Gasteiger partial charge >= 0.3 is 5.97 Å². The van der Waals surface area contributed by atoms with Crippen molar-refractivity contribution in [2.75, 3.05) is 13.6 Å². The summed E-state index contributed by atoms with van der Waals surface area (Å²) in [7, 11) is 2.14.